The number of rotatable bonds is 1. The van der Waals surface area contributed by atoms with Gasteiger partial charge in [0.2, 0.25) is 0 Å². The van der Waals surface area contributed by atoms with Crippen molar-refractivity contribution in [1.82, 2.24) is 0 Å². The number of hydrogen-bond donors (Lipinski definition) is 0. The maximum atomic E-state index is 9.70. The van der Waals surface area contributed by atoms with Crippen LogP contribution < -0.4 is 0 Å². The molecule has 0 aromatic rings. The highest BCUT2D eigenvalue weighted by molar-refractivity contribution is 7.54. The average molecular weight is 132 g/mol. The Balaban J connectivity index is 3.55. The molecule has 47 valence electrons. The molecule has 0 saturated heterocycles. The lowest BCUT2D eigenvalue weighted by atomic mass is 9.98. The van der Waals surface area contributed by atoms with E-state index in [0.29, 0.717) is 0 Å². The fourth-order valence-electron chi connectivity index (χ4n) is 0.180. The molecule has 0 aliphatic carbocycles. The summed E-state index contributed by atoms with van der Waals surface area (Å²) >= 11 is 0.248. The smallest absolute Gasteiger partial charge is 0.191 e. The molecule has 0 fully saturated rings. The molecule has 0 spiro atoms. The lowest BCUT2D eigenvalue weighted by molar-refractivity contribution is 0.491. The van der Waals surface area contributed by atoms with Gasteiger partial charge in [0.1, 0.15) is 0 Å². The van der Waals surface area contributed by atoms with Crippen LogP contribution in [0.25, 0.3) is 0 Å². The summed E-state index contributed by atoms with van der Waals surface area (Å²) in [6.45, 7) is 7.62. The van der Waals surface area contributed by atoms with Gasteiger partial charge in [-0.25, -0.2) is 0 Å². The average Bonchev–Trinajstić information content (AvgIpc) is 1.59. The van der Waals surface area contributed by atoms with Crippen LogP contribution in [0, 0.1) is 12.0 Å². The Morgan fingerprint density at radius 2 is 2.00 bits per heavy atom. The highest BCUT2D eigenvalue weighted by atomic mass is 32.1. The molecule has 0 atom stereocenters. The predicted molar refractivity (Wildman–Crippen MR) is 34.3 cm³/mol. The van der Waals surface area contributed by atoms with E-state index in [1.54, 1.807) is 6.54 Å². The molecule has 0 aromatic carbocycles. The van der Waals surface area contributed by atoms with E-state index in [1.807, 2.05) is 20.8 Å². The van der Waals surface area contributed by atoms with Crippen molar-refractivity contribution in [1.29, 1.82) is 0 Å². The van der Waals surface area contributed by atoms with Gasteiger partial charge in [0.05, 0.1) is 6.54 Å². The third-order valence-electron chi connectivity index (χ3n) is 0.483. The standard InChI is InChI=1S/C5H10NOS/c1-5(2,3)4-6-8-7/h4H,1-3H3. The summed E-state index contributed by atoms with van der Waals surface area (Å²) in [6, 6.07) is 0. The van der Waals surface area contributed by atoms with E-state index in [9.17, 15) is 4.21 Å². The minimum atomic E-state index is 0.0391. The largest absolute Gasteiger partial charge is 0.199 e. The first kappa shape index (κ1) is 7.82. The highest BCUT2D eigenvalue weighted by Gasteiger charge is 2.08. The molecule has 0 amide bonds. The van der Waals surface area contributed by atoms with Gasteiger partial charge in [-0.2, -0.15) is 8.57 Å². The van der Waals surface area contributed by atoms with Gasteiger partial charge in [0.15, 0.2) is 11.5 Å². The van der Waals surface area contributed by atoms with Crippen molar-refractivity contribution in [3.8, 4) is 0 Å². The lowest BCUT2D eigenvalue weighted by Crippen LogP contribution is -2.02. The van der Waals surface area contributed by atoms with E-state index in [-0.39, 0.29) is 16.9 Å². The van der Waals surface area contributed by atoms with Crippen LogP contribution in [0.15, 0.2) is 4.36 Å². The van der Waals surface area contributed by atoms with Crippen LogP contribution in [0.3, 0.4) is 0 Å². The van der Waals surface area contributed by atoms with E-state index >= 15 is 0 Å². The minimum Gasteiger partial charge on any atom is -0.191 e. The molecule has 0 heterocycles. The summed E-state index contributed by atoms with van der Waals surface area (Å²) in [7, 11) is 0. The third kappa shape index (κ3) is 5.82. The maximum absolute atomic E-state index is 9.70. The van der Waals surface area contributed by atoms with Gasteiger partial charge in [-0.15, -0.1) is 0 Å². The van der Waals surface area contributed by atoms with Crippen molar-refractivity contribution in [3.05, 3.63) is 6.54 Å². The fraction of sp³-hybridized carbons (Fsp3) is 0.800. The Morgan fingerprint density at radius 1 is 1.50 bits per heavy atom. The Hall–Kier alpha value is -0.180. The van der Waals surface area contributed by atoms with Gasteiger partial charge in [0.25, 0.3) is 0 Å². The molecule has 8 heavy (non-hydrogen) atoms. The van der Waals surface area contributed by atoms with Gasteiger partial charge in [0, 0.05) is 0 Å². The first-order valence-electron chi connectivity index (χ1n) is 2.40. The molecular weight excluding hydrogens is 122 g/mol. The van der Waals surface area contributed by atoms with Crippen molar-refractivity contribution in [2.75, 3.05) is 0 Å². The normalized spacial score (nSPS) is 10.9. The van der Waals surface area contributed by atoms with Crippen molar-refractivity contribution >= 4 is 11.5 Å². The summed E-state index contributed by atoms with van der Waals surface area (Å²) < 4.78 is 13.2. The van der Waals surface area contributed by atoms with Crippen molar-refractivity contribution in [2.45, 2.75) is 20.8 Å². The summed E-state index contributed by atoms with van der Waals surface area (Å²) in [6.07, 6.45) is 0. The molecular formula is C5H10NOS. The second kappa shape index (κ2) is 2.97. The zero-order valence-electron chi connectivity index (χ0n) is 5.34. The molecule has 0 saturated carbocycles. The van der Waals surface area contributed by atoms with Crippen molar-refractivity contribution in [3.63, 3.8) is 0 Å². The van der Waals surface area contributed by atoms with E-state index in [1.165, 1.54) is 0 Å². The number of nitrogens with zero attached hydrogens (tertiary/aromatic N) is 1. The maximum Gasteiger partial charge on any atom is 0.199 e. The van der Waals surface area contributed by atoms with E-state index in [0.717, 1.165) is 0 Å². The first-order chi connectivity index (χ1) is 3.56. The summed E-state index contributed by atoms with van der Waals surface area (Å²) in [4.78, 5) is 0. The zero-order valence-corrected chi connectivity index (χ0v) is 6.16. The van der Waals surface area contributed by atoms with Crippen LogP contribution in [0.1, 0.15) is 20.8 Å². The Morgan fingerprint density at radius 3 is 2.12 bits per heavy atom. The predicted octanol–water partition coefficient (Wildman–Crippen LogP) is 1.59. The van der Waals surface area contributed by atoms with Crippen molar-refractivity contribution < 1.29 is 4.21 Å². The zero-order chi connectivity index (χ0) is 6.62. The molecule has 0 aliphatic rings. The van der Waals surface area contributed by atoms with Crippen LogP contribution in [0.2, 0.25) is 0 Å². The molecule has 0 bridgehead atoms. The van der Waals surface area contributed by atoms with Gasteiger partial charge < -0.3 is 0 Å². The molecule has 0 rings (SSSR count). The quantitative estimate of drug-likeness (QED) is 0.532. The second-order valence-corrected chi connectivity index (χ2v) is 3.03. The molecule has 3 heteroatoms. The summed E-state index contributed by atoms with van der Waals surface area (Å²) in [5.41, 5.74) is 0.0391. The van der Waals surface area contributed by atoms with Gasteiger partial charge in [-0.3, -0.25) is 0 Å². The lowest BCUT2D eigenvalue weighted by Gasteiger charge is -2.10. The molecule has 0 aliphatic heterocycles. The molecule has 0 N–H and O–H groups in total. The topological polar surface area (TPSA) is 29.4 Å². The molecule has 0 aromatic heterocycles. The Labute approximate surface area is 53.5 Å². The molecule has 1 radical (unpaired) electrons. The highest BCUT2D eigenvalue weighted by Crippen LogP contribution is 2.16. The van der Waals surface area contributed by atoms with Crippen LogP contribution in [0.5, 0.6) is 0 Å². The van der Waals surface area contributed by atoms with Gasteiger partial charge in [-0.05, 0) is 5.41 Å². The van der Waals surface area contributed by atoms with Gasteiger partial charge >= 0.3 is 0 Å². The number of hydrogen-bond acceptors (Lipinski definition) is 2. The SMILES string of the molecule is CC(C)(C)[CH]N=S=O. The van der Waals surface area contributed by atoms with Crippen LogP contribution in [-0.2, 0) is 11.5 Å². The Bertz CT molecular complexity index is 110. The third-order valence-corrected chi connectivity index (χ3v) is 0.675. The molecule has 2 nitrogen and oxygen atoms in total. The summed E-state index contributed by atoms with van der Waals surface area (Å²) in [5, 5.41) is 0. The van der Waals surface area contributed by atoms with Crippen molar-refractivity contribution in [2.24, 2.45) is 9.78 Å². The van der Waals surface area contributed by atoms with E-state index in [4.69, 9.17) is 0 Å². The van der Waals surface area contributed by atoms with E-state index in [2.05, 4.69) is 4.36 Å². The fourth-order valence-corrected chi connectivity index (χ4v) is 0.539. The summed E-state index contributed by atoms with van der Waals surface area (Å²) in [5.74, 6) is 0. The first-order valence-corrected chi connectivity index (χ1v) is 3.09. The van der Waals surface area contributed by atoms with Crippen LogP contribution >= 0.6 is 0 Å². The monoisotopic (exact) mass is 132 g/mol. The van der Waals surface area contributed by atoms with E-state index < -0.39 is 0 Å². The minimum absolute atomic E-state index is 0.0391. The van der Waals surface area contributed by atoms with Gasteiger partial charge in [-0.1, -0.05) is 20.8 Å². The molecule has 0 unspecified atom stereocenters. The second-order valence-electron chi connectivity index (χ2n) is 2.68. The van der Waals surface area contributed by atoms with Crippen LogP contribution in [-0.4, -0.2) is 4.21 Å². The van der Waals surface area contributed by atoms with Crippen LogP contribution in [0.4, 0.5) is 0 Å². The Kier molecular flexibility index (Phi) is 2.90.